The molecule has 2 nitrogen and oxygen atoms in total. The summed E-state index contributed by atoms with van der Waals surface area (Å²) in [5, 5.41) is 10.3. The molecule has 0 bridgehead atoms. The van der Waals surface area contributed by atoms with Crippen molar-refractivity contribution in [2.24, 2.45) is 0 Å². The second-order valence-corrected chi connectivity index (χ2v) is 4.56. The first-order valence-electron chi connectivity index (χ1n) is 5.54. The zero-order valence-corrected chi connectivity index (χ0v) is 9.69. The maximum absolute atomic E-state index is 12.7. The lowest BCUT2D eigenvalue weighted by Gasteiger charge is -2.22. The fraction of sp³-hybridized carbons (Fsp3) is 0.286. The van der Waals surface area contributed by atoms with Gasteiger partial charge in [-0.1, -0.05) is 12.1 Å². The van der Waals surface area contributed by atoms with Crippen LogP contribution in [0.3, 0.4) is 0 Å². The standard InChI is InChI=1S/C14H15FO2/c1-14(16,10-13-3-2-8-17-13)9-11-4-6-12(15)7-5-11/h2-8,16H,9-10H2,1H3. The number of benzene rings is 1. The summed E-state index contributed by atoms with van der Waals surface area (Å²) in [5.74, 6) is 0.483. The Morgan fingerprint density at radius 2 is 1.88 bits per heavy atom. The molecule has 0 spiro atoms. The van der Waals surface area contributed by atoms with Gasteiger partial charge in [0.15, 0.2) is 0 Å². The Bertz CT molecular complexity index is 457. The molecule has 1 unspecified atom stereocenters. The molecule has 90 valence electrons. The Labute approximate surface area is 99.7 Å². The summed E-state index contributed by atoms with van der Waals surface area (Å²) in [7, 11) is 0. The highest BCUT2D eigenvalue weighted by Gasteiger charge is 2.22. The van der Waals surface area contributed by atoms with Crippen LogP contribution in [0.25, 0.3) is 0 Å². The van der Waals surface area contributed by atoms with E-state index in [1.807, 2.05) is 6.07 Å². The van der Waals surface area contributed by atoms with Crippen LogP contribution in [-0.4, -0.2) is 10.7 Å². The minimum absolute atomic E-state index is 0.264. The zero-order valence-electron chi connectivity index (χ0n) is 9.69. The summed E-state index contributed by atoms with van der Waals surface area (Å²) in [4.78, 5) is 0. The van der Waals surface area contributed by atoms with Crippen molar-refractivity contribution < 1.29 is 13.9 Å². The van der Waals surface area contributed by atoms with Crippen molar-refractivity contribution in [2.75, 3.05) is 0 Å². The van der Waals surface area contributed by atoms with Gasteiger partial charge < -0.3 is 9.52 Å². The molecule has 1 aromatic heterocycles. The van der Waals surface area contributed by atoms with Gasteiger partial charge in [-0.15, -0.1) is 0 Å². The molecule has 0 saturated carbocycles. The third-order valence-corrected chi connectivity index (χ3v) is 2.63. The molecule has 1 atom stereocenters. The largest absolute Gasteiger partial charge is 0.469 e. The lowest BCUT2D eigenvalue weighted by Crippen LogP contribution is -2.29. The SMILES string of the molecule is CC(O)(Cc1ccc(F)cc1)Cc1ccco1. The van der Waals surface area contributed by atoms with Gasteiger partial charge >= 0.3 is 0 Å². The monoisotopic (exact) mass is 234 g/mol. The third-order valence-electron chi connectivity index (χ3n) is 2.63. The molecule has 2 rings (SSSR count). The second-order valence-electron chi connectivity index (χ2n) is 4.56. The van der Waals surface area contributed by atoms with Gasteiger partial charge in [0.25, 0.3) is 0 Å². The Hall–Kier alpha value is -1.61. The summed E-state index contributed by atoms with van der Waals surface area (Å²) in [5.41, 5.74) is 0.0123. The zero-order chi connectivity index (χ0) is 12.3. The molecule has 0 aliphatic heterocycles. The fourth-order valence-corrected chi connectivity index (χ4v) is 1.89. The number of hydrogen-bond donors (Lipinski definition) is 1. The number of furan rings is 1. The molecule has 3 heteroatoms. The Kier molecular flexibility index (Phi) is 3.29. The van der Waals surface area contributed by atoms with E-state index in [1.54, 1.807) is 31.4 Å². The van der Waals surface area contributed by atoms with E-state index in [1.165, 1.54) is 12.1 Å². The van der Waals surface area contributed by atoms with Gasteiger partial charge in [0.2, 0.25) is 0 Å². The number of halogens is 1. The van der Waals surface area contributed by atoms with E-state index >= 15 is 0 Å². The maximum Gasteiger partial charge on any atom is 0.123 e. The smallest absolute Gasteiger partial charge is 0.123 e. The second kappa shape index (κ2) is 4.72. The van der Waals surface area contributed by atoms with Crippen LogP contribution in [0, 0.1) is 5.82 Å². The van der Waals surface area contributed by atoms with Crippen molar-refractivity contribution in [1.29, 1.82) is 0 Å². The van der Waals surface area contributed by atoms with Crippen LogP contribution in [0.4, 0.5) is 4.39 Å². The molecule has 1 N–H and O–H groups in total. The minimum Gasteiger partial charge on any atom is -0.469 e. The van der Waals surface area contributed by atoms with Crippen molar-refractivity contribution >= 4 is 0 Å². The number of aliphatic hydroxyl groups is 1. The Morgan fingerprint density at radius 3 is 2.47 bits per heavy atom. The highest BCUT2D eigenvalue weighted by atomic mass is 19.1. The Balaban J connectivity index is 2.03. The molecule has 0 amide bonds. The molecule has 1 heterocycles. The first-order valence-corrected chi connectivity index (χ1v) is 5.54. The molecular formula is C14H15FO2. The lowest BCUT2D eigenvalue weighted by atomic mass is 9.92. The first-order chi connectivity index (χ1) is 8.05. The summed E-state index contributed by atoms with van der Waals surface area (Å²) >= 11 is 0. The van der Waals surface area contributed by atoms with Crippen LogP contribution in [0.1, 0.15) is 18.2 Å². The van der Waals surface area contributed by atoms with Gasteiger partial charge in [0.05, 0.1) is 11.9 Å². The van der Waals surface area contributed by atoms with Crippen molar-refractivity contribution in [3.05, 3.63) is 59.8 Å². The first kappa shape index (κ1) is 11.9. The summed E-state index contributed by atoms with van der Waals surface area (Å²) in [6.45, 7) is 1.75. The van der Waals surface area contributed by atoms with E-state index in [4.69, 9.17) is 4.42 Å². The van der Waals surface area contributed by atoms with Crippen LogP contribution in [-0.2, 0) is 12.8 Å². The van der Waals surface area contributed by atoms with Crippen molar-refractivity contribution in [3.8, 4) is 0 Å². The molecule has 17 heavy (non-hydrogen) atoms. The molecule has 2 aromatic rings. The maximum atomic E-state index is 12.7. The van der Waals surface area contributed by atoms with E-state index in [0.29, 0.717) is 12.8 Å². The van der Waals surface area contributed by atoms with Crippen LogP contribution < -0.4 is 0 Å². The highest BCUT2D eigenvalue weighted by molar-refractivity contribution is 5.18. The van der Waals surface area contributed by atoms with Crippen molar-refractivity contribution in [2.45, 2.75) is 25.4 Å². The van der Waals surface area contributed by atoms with E-state index < -0.39 is 5.60 Å². The summed E-state index contributed by atoms with van der Waals surface area (Å²) < 4.78 is 18.0. The van der Waals surface area contributed by atoms with E-state index in [2.05, 4.69) is 0 Å². The topological polar surface area (TPSA) is 33.4 Å². The van der Waals surface area contributed by atoms with Crippen molar-refractivity contribution in [1.82, 2.24) is 0 Å². The molecule has 1 aromatic carbocycles. The average molecular weight is 234 g/mol. The molecular weight excluding hydrogens is 219 g/mol. The third kappa shape index (κ3) is 3.43. The van der Waals surface area contributed by atoms with Crippen LogP contribution in [0.5, 0.6) is 0 Å². The highest BCUT2D eigenvalue weighted by Crippen LogP contribution is 2.19. The summed E-state index contributed by atoms with van der Waals surface area (Å²) in [6, 6.07) is 9.80. The van der Waals surface area contributed by atoms with Crippen LogP contribution >= 0.6 is 0 Å². The molecule has 0 saturated heterocycles. The number of hydrogen-bond acceptors (Lipinski definition) is 2. The van der Waals surface area contributed by atoms with Gasteiger partial charge in [-0.05, 0) is 36.8 Å². The van der Waals surface area contributed by atoms with Gasteiger partial charge in [-0.25, -0.2) is 4.39 Å². The van der Waals surface area contributed by atoms with E-state index in [9.17, 15) is 9.50 Å². The van der Waals surface area contributed by atoms with Crippen LogP contribution in [0.15, 0.2) is 47.1 Å². The Morgan fingerprint density at radius 1 is 1.18 bits per heavy atom. The quantitative estimate of drug-likeness (QED) is 0.882. The normalized spacial score (nSPS) is 14.5. The van der Waals surface area contributed by atoms with Crippen molar-refractivity contribution in [3.63, 3.8) is 0 Å². The predicted octanol–water partition coefficient (Wildman–Crippen LogP) is 2.95. The number of rotatable bonds is 4. The van der Waals surface area contributed by atoms with Gasteiger partial charge in [-0.3, -0.25) is 0 Å². The predicted molar refractivity (Wildman–Crippen MR) is 63.1 cm³/mol. The summed E-state index contributed by atoms with van der Waals surface area (Å²) in [6.07, 6.45) is 2.49. The molecule has 0 aliphatic carbocycles. The molecule has 0 fully saturated rings. The van der Waals surface area contributed by atoms with Gasteiger partial charge in [0, 0.05) is 12.8 Å². The molecule has 0 radical (unpaired) electrons. The van der Waals surface area contributed by atoms with E-state index in [-0.39, 0.29) is 5.82 Å². The van der Waals surface area contributed by atoms with Crippen LogP contribution in [0.2, 0.25) is 0 Å². The fourth-order valence-electron chi connectivity index (χ4n) is 1.89. The minimum atomic E-state index is -0.893. The van der Waals surface area contributed by atoms with Gasteiger partial charge in [-0.2, -0.15) is 0 Å². The lowest BCUT2D eigenvalue weighted by molar-refractivity contribution is 0.0555. The average Bonchev–Trinajstić information content (AvgIpc) is 2.73. The van der Waals surface area contributed by atoms with E-state index in [0.717, 1.165) is 11.3 Å². The van der Waals surface area contributed by atoms with Gasteiger partial charge in [0.1, 0.15) is 11.6 Å². The molecule has 0 aliphatic rings.